The molecule has 1 fully saturated rings. The van der Waals surface area contributed by atoms with E-state index >= 15 is 0 Å². The summed E-state index contributed by atoms with van der Waals surface area (Å²) in [5, 5.41) is 6.24. The number of halogens is 1. The largest absolute Gasteiger partial charge is 0.364 e. The SMILES string of the molecule is CCCNc1ncc(F)c(NC(C)CN2CCCCC2)n1. The Labute approximate surface area is 126 Å². The first-order valence-corrected chi connectivity index (χ1v) is 7.94. The summed E-state index contributed by atoms with van der Waals surface area (Å²) in [5.74, 6) is 0.363. The molecule has 0 saturated carbocycles. The van der Waals surface area contributed by atoms with Gasteiger partial charge < -0.3 is 15.5 Å². The molecule has 1 aromatic rings. The molecule has 0 aromatic carbocycles. The molecule has 2 rings (SSSR count). The molecular formula is C15H26FN5. The van der Waals surface area contributed by atoms with Crippen LogP contribution in [0.5, 0.6) is 0 Å². The van der Waals surface area contributed by atoms with E-state index in [1.54, 1.807) is 0 Å². The van der Waals surface area contributed by atoms with Gasteiger partial charge in [0.05, 0.1) is 6.20 Å². The first kappa shape index (κ1) is 15.9. The highest BCUT2D eigenvalue weighted by molar-refractivity contribution is 5.41. The van der Waals surface area contributed by atoms with Gasteiger partial charge in [-0.15, -0.1) is 0 Å². The van der Waals surface area contributed by atoms with E-state index in [-0.39, 0.29) is 11.9 Å². The first-order chi connectivity index (χ1) is 10.2. The van der Waals surface area contributed by atoms with Crippen molar-refractivity contribution in [3.63, 3.8) is 0 Å². The maximum Gasteiger partial charge on any atom is 0.224 e. The van der Waals surface area contributed by atoms with Gasteiger partial charge in [-0.2, -0.15) is 4.98 Å². The smallest absolute Gasteiger partial charge is 0.224 e. The number of piperidine rings is 1. The summed E-state index contributed by atoms with van der Waals surface area (Å²) >= 11 is 0. The van der Waals surface area contributed by atoms with Gasteiger partial charge in [0.1, 0.15) is 0 Å². The van der Waals surface area contributed by atoms with Crippen LogP contribution in [0.25, 0.3) is 0 Å². The maximum atomic E-state index is 13.8. The van der Waals surface area contributed by atoms with Crippen LogP contribution in [0.4, 0.5) is 16.2 Å². The van der Waals surface area contributed by atoms with Gasteiger partial charge in [-0.25, -0.2) is 9.37 Å². The van der Waals surface area contributed by atoms with Gasteiger partial charge in [0.2, 0.25) is 5.95 Å². The van der Waals surface area contributed by atoms with Crippen LogP contribution in [0.2, 0.25) is 0 Å². The lowest BCUT2D eigenvalue weighted by Gasteiger charge is -2.29. The van der Waals surface area contributed by atoms with E-state index in [1.807, 2.05) is 0 Å². The van der Waals surface area contributed by atoms with E-state index in [9.17, 15) is 4.39 Å². The molecule has 6 heteroatoms. The second-order valence-electron chi connectivity index (χ2n) is 5.72. The standard InChI is InChI=1S/C15H26FN5/c1-3-7-17-15-18-10-13(16)14(20-15)19-12(2)11-21-8-5-4-6-9-21/h10,12H,3-9,11H2,1-2H3,(H2,17,18,19,20). The number of hydrogen-bond donors (Lipinski definition) is 2. The summed E-state index contributed by atoms with van der Waals surface area (Å²) in [6, 6.07) is 0.159. The summed E-state index contributed by atoms with van der Waals surface area (Å²) in [5.41, 5.74) is 0. The van der Waals surface area contributed by atoms with Gasteiger partial charge >= 0.3 is 0 Å². The monoisotopic (exact) mass is 295 g/mol. The molecule has 1 atom stereocenters. The fourth-order valence-corrected chi connectivity index (χ4v) is 2.60. The Kier molecular flexibility index (Phi) is 6.17. The molecular weight excluding hydrogens is 269 g/mol. The second kappa shape index (κ2) is 8.12. The predicted octanol–water partition coefficient (Wildman–Crippen LogP) is 2.72. The van der Waals surface area contributed by atoms with E-state index < -0.39 is 5.82 Å². The van der Waals surface area contributed by atoms with Crippen LogP contribution in [0.1, 0.15) is 39.5 Å². The van der Waals surface area contributed by atoms with Crippen LogP contribution >= 0.6 is 0 Å². The lowest BCUT2D eigenvalue weighted by Crippen LogP contribution is -2.38. The number of likely N-dealkylation sites (tertiary alicyclic amines) is 1. The van der Waals surface area contributed by atoms with E-state index in [0.29, 0.717) is 5.95 Å². The molecule has 1 aromatic heterocycles. The summed E-state index contributed by atoms with van der Waals surface area (Å²) in [6.07, 6.45) is 6.06. The van der Waals surface area contributed by atoms with Crippen LogP contribution in [0.15, 0.2) is 6.20 Å². The molecule has 0 amide bonds. The maximum absolute atomic E-state index is 13.8. The van der Waals surface area contributed by atoms with E-state index in [2.05, 4.69) is 39.3 Å². The Hall–Kier alpha value is -1.43. The lowest BCUT2D eigenvalue weighted by atomic mass is 10.1. The van der Waals surface area contributed by atoms with Crippen molar-refractivity contribution >= 4 is 11.8 Å². The molecule has 1 saturated heterocycles. The quantitative estimate of drug-likeness (QED) is 0.810. The van der Waals surface area contributed by atoms with Crippen LogP contribution in [0, 0.1) is 5.82 Å². The highest BCUT2D eigenvalue weighted by Crippen LogP contribution is 2.15. The van der Waals surface area contributed by atoms with Crippen molar-refractivity contribution in [2.24, 2.45) is 0 Å². The predicted molar refractivity (Wildman–Crippen MR) is 84.1 cm³/mol. The third-order valence-corrected chi connectivity index (χ3v) is 3.64. The molecule has 1 aliphatic rings. The van der Waals surface area contributed by atoms with Crippen LogP contribution in [-0.4, -0.2) is 47.1 Å². The van der Waals surface area contributed by atoms with Crippen LogP contribution in [-0.2, 0) is 0 Å². The Morgan fingerprint density at radius 1 is 1.33 bits per heavy atom. The Morgan fingerprint density at radius 3 is 2.81 bits per heavy atom. The number of anilines is 2. The van der Waals surface area contributed by atoms with Crippen LogP contribution < -0.4 is 10.6 Å². The minimum Gasteiger partial charge on any atom is -0.364 e. The van der Waals surface area contributed by atoms with Crippen LogP contribution in [0.3, 0.4) is 0 Å². The molecule has 21 heavy (non-hydrogen) atoms. The van der Waals surface area contributed by atoms with Crippen molar-refractivity contribution < 1.29 is 4.39 Å². The zero-order chi connectivity index (χ0) is 15.1. The highest BCUT2D eigenvalue weighted by atomic mass is 19.1. The van der Waals surface area contributed by atoms with Gasteiger partial charge in [-0.05, 0) is 39.3 Å². The number of aromatic nitrogens is 2. The summed E-state index contributed by atoms with van der Waals surface area (Å²) < 4.78 is 13.8. The minimum atomic E-state index is -0.400. The Bertz CT molecular complexity index is 434. The molecule has 0 aliphatic carbocycles. The van der Waals surface area contributed by atoms with Crippen molar-refractivity contribution in [1.29, 1.82) is 0 Å². The fourth-order valence-electron chi connectivity index (χ4n) is 2.60. The van der Waals surface area contributed by atoms with Crippen molar-refractivity contribution in [3.8, 4) is 0 Å². The lowest BCUT2D eigenvalue weighted by molar-refractivity contribution is 0.223. The number of nitrogens with one attached hydrogen (secondary N) is 2. The van der Waals surface area contributed by atoms with E-state index in [4.69, 9.17) is 0 Å². The van der Waals surface area contributed by atoms with Crippen molar-refractivity contribution in [1.82, 2.24) is 14.9 Å². The molecule has 2 N–H and O–H groups in total. The van der Waals surface area contributed by atoms with Crippen molar-refractivity contribution in [3.05, 3.63) is 12.0 Å². The van der Waals surface area contributed by atoms with Crippen molar-refractivity contribution in [2.45, 2.75) is 45.6 Å². The zero-order valence-electron chi connectivity index (χ0n) is 13.0. The van der Waals surface area contributed by atoms with Gasteiger partial charge in [0.15, 0.2) is 11.6 Å². The van der Waals surface area contributed by atoms with Crippen molar-refractivity contribution in [2.75, 3.05) is 36.8 Å². The summed E-state index contributed by atoms with van der Waals surface area (Å²) in [7, 11) is 0. The third-order valence-electron chi connectivity index (χ3n) is 3.64. The Balaban J connectivity index is 1.90. The van der Waals surface area contributed by atoms with Gasteiger partial charge in [0, 0.05) is 19.1 Å². The molecule has 5 nitrogen and oxygen atoms in total. The van der Waals surface area contributed by atoms with Gasteiger partial charge in [-0.1, -0.05) is 13.3 Å². The average molecular weight is 295 g/mol. The molecule has 2 heterocycles. The van der Waals surface area contributed by atoms with E-state index in [1.165, 1.54) is 25.5 Å². The zero-order valence-corrected chi connectivity index (χ0v) is 13.0. The molecule has 0 bridgehead atoms. The number of hydrogen-bond acceptors (Lipinski definition) is 5. The normalized spacial score (nSPS) is 17.5. The molecule has 118 valence electrons. The van der Waals surface area contributed by atoms with Gasteiger partial charge in [-0.3, -0.25) is 0 Å². The minimum absolute atomic E-state index is 0.159. The fraction of sp³-hybridized carbons (Fsp3) is 0.733. The third kappa shape index (κ3) is 5.12. The number of nitrogens with zero attached hydrogens (tertiary/aromatic N) is 3. The topological polar surface area (TPSA) is 53.1 Å². The first-order valence-electron chi connectivity index (χ1n) is 7.94. The molecule has 1 aliphatic heterocycles. The second-order valence-corrected chi connectivity index (χ2v) is 5.72. The number of rotatable bonds is 7. The molecule has 1 unspecified atom stereocenters. The molecule has 0 radical (unpaired) electrons. The highest BCUT2D eigenvalue weighted by Gasteiger charge is 2.15. The van der Waals surface area contributed by atoms with Gasteiger partial charge in [0.25, 0.3) is 0 Å². The summed E-state index contributed by atoms with van der Waals surface area (Å²) in [6.45, 7) is 8.12. The average Bonchev–Trinajstić information content (AvgIpc) is 2.49. The summed E-state index contributed by atoms with van der Waals surface area (Å²) in [4.78, 5) is 10.6. The Morgan fingerprint density at radius 2 is 2.10 bits per heavy atom. The molecule has 0 spiro atoms. The van der Waals surface area contributed by atoms with E-state index in [0.717, 1.165) is 32.6 Å².